The molecule has 0 saturated heterocycles. The summed E-state index contributed by atoms with van der Waals surface area (Å²) in [5.74, 6) is 0. The quantitative estimate of drug-likeness (QED) is 0.614. The van der Waals surface area contributed by atoms with E-state index in [4.69, 9.17) is 0 Å². The highest BCUT2D eigenvalue weighted by molar-refractivity contribution is 5.92. The van der Waals surface area contributed by atoms with E-state index in [9.17, 15) is 0 Å². The van der Waals surface area contributed by atoms with Crippen molar-refractivity contribution >= 4 is 10.9 Å². The topological polar surface area (TPSA) is 51.6 Å². The number of hydrogen-bond acceptors (Lipinski definition) is 4. The van der Waals surface area contributed by atoms with Gasteiger partial charge < -0.3 is 0 Å². The normalized spacial score (nSPS) is 10.5. The first-order chi connectivity index (χ1) is 7.95. The first kappa shape index (κ1) is 8.91. The van der Waals surface area contributed by atoms with Crippen LogP contribution in [0.2, 0.25) is 0 Å². The van der Waals surface area contributed by atoms with Gasteiger partial charge in [0.2, 0.25) is 0 Å². The fourth-order valence-corrected chi connectivity index (χ4v) is 1.66. The summed E-state index contributed by atoms with van der Waals surface area (Å²) >= 11 is 0. The molecular formula is C12H8N4. The van der Waals surface area contributed by atoms with Crippen LogP contribution >= 0.6 is 0 Å². The molecule has 1 aromatic carbocycles. The second-order valence-corrected chi connectivity index (χ2v) is 3.38. The molecule has 0 N–H and O–H groups in total. The minimum absolute atomic E-state index is 0.814. The van der Waals surface area contributed by atoms with Gasteiger partial charge in [-0.25, -0.2) is 0 Å². The van der Waals surface area contributed by atoms with E-state index in [1.807, 2.05) is 36.4 Å². The second kappa shape index (κ2) is 3.66. The van der Waals surface area contributed by atoms with Crippen molar-refractivity contribution in [3.63, 3.8) is 0 Å². The lowest BCUT2D eigenvalue weighted by Crippen LogP contribution is -1.90. The van der Waals surface area contributed by atoms with Gasteiger partial charge in [-0.2, -0.15) is 20.4 Å². The molecule has 0 bridgehead atoms. The summed E-state index contributed by atoms with van der Waals surface area (Å²) in [7, 11) is 0. The number of fused-ring (bicyclic) bond motifs is 1. The van der Waals surface area contributed by atoms with Crippen LogP contribution in [0.1, 0.15) is 0 Å². The van der Waals surface area contributed by atoms with Crippen LogP contribution in [0, 0.1) is 0 Å². The Hall–Kier alpha value is -2.36. The molecule has 76 valence electrons. The zero-order valence-electron chi connectivity index (χ0n) is 8.41. The third-order valence-electron chi connectivity index (χ3n) is 2.39. The smallest absolute Gasteiger partial charge is 0.0952 e. The Labute approximate surface area is 92.0 Å². The summed E-state index contributed by atoms with van der Waals surface area (Å²) in [5, 5.41) is 17.0. The number of aromatic nitrogens is 4. The fraction of sp³-hybridized carbons (Fsp3) is 0. The Morgan fingerprint density at radius 2 is 1.75 bits per heavy atom. The standard InChI is InChI=1S/C12H8N4/c1-2-5-11-9(4-1)10(8-14-16-11)12-6-3-7-13-15-12/h1-8H. The Bertz CT molecular complexity index is 617. The first-order valence-corrected chi connectivity index (χ1v) is 4.93. The van der Waals surface area contributed by atoms with Crippen molar-refractivity contribution in [2.45, 2.75) is 0 Å². The van der Waals surface area contributed by atoms with E-state index in [0.717, 1.165) is 22.2 Å². The van der Waals surface area contributed by atoms with E-state index in [1.54, 1.807) is 12.4 Å². The van der Waals surface area contributed by atoms with Crippen molar-refractivity contribution in [1.29, 1.82) is 0 Å². The van der Waals surface area contributed by atoms with Crippen LogP contribution in [0.5, 0.6) is 0 Å². The highest BCUT2D eigenvalue weighted by Crippen LogP contribution is 2.23. The van der Waals surface area contributed by atoms with Gasteiger partial charge in [0.25, 0.3) is 0 Å². The molecule has 2 heterocycles. The van der Waals surface area contributed by atoms with Crippen molar-refractivity contribution in [2.75, 3.05) is 0 Å². The molecule has 0 fully saturated rings. The summed E-state index contributed by atoms with van der Waals surface area (Å²) in [5.41, 5.74) is 2.64. The lowest BCUT2D eigenvalue weighted by Gasteiger charge is -2.02. The first-order valence-electron chi connectivity index (χ1n) is 4.93. The molecule has 4 nitrogen and oxygen atoms in total. The van der Waals surface area contributed by atoms with Crippen molar-refractivity contribution in [3.05, 3.63) is 48.8 Å². The van der Waals surface area contributed by atoms with Gasteiger partial charge in [-0.3, -0.25) is 0 Å². The summed E-state index contributed by atoms with van der Waals surface area (Å²) in [4.78, 5) is 0. The van der Waals surface area contributed by atoms with E-state index in [-0.39, 0.29) is 0 Å². The Kier molecular flexibility index (Phi) is 2.04. The highest BCUT2D eigenvalue weighted by Gasteiger charge is 2.05. The number of rotatable bonds is 1. The average Bonchev–Trinajstić information content (AvgIpc) is 2.39. The summed E-state index contributed by atoms with van der Waals surface area (Å²) in [6.45, 7) is 0. The molecule has 16 heavy (non-hydrogen) atoms. The van der Waals surface area contributed by atoms with Crippen LogP contribution in [0.4, 0.5) is 0 Å². The van der Waals surface area contributed by atoms with E-state index >= 15 is 0 Å². The molecule has 0 aliphatic heterocycles. The molecule has 0 radical (unpaired) electrons. The number of benzene rings is 1. The maximum absolute atomic E-state index is 4.08. The second-order valence-electron chi connectivity index (χ2n) is 3.38. The van der Waals surface area contributed by atoms with E-state index in [1.165, 1.54) is 0 Å². The van der Waals surface area contributed by atoms with E-state index < -0.39 is 0 Å². The molecule has 2 aromatic heterocycles. The molecule has 3 rings (SSSR count). The zero-order chi connectivity index (χ0) is 10.8. The molecular weight excluding hydrogens is 200 g/mol. The van der Waals surface area contributed by atoms with E-state index in [2.05, 4.69) is 20.4 Å². The minimum Gasteiger partial charge on any atom is -0.159 e. The van der Waals surface area contributed by atoms with Crippen molar-refractivity contribution < 1.29 is 0 Å². The molecule has 0 aliphatic carbocycles. The summed E-state index contributed by atoms with van der Waals surface area (Å²) in [6, 6.07) is 11.6. The van der Waals surface area contributed by atoms with Crippen LogP contribution < -0.4 is 0 Å². The van der Waals surface area contributed by atoms with Crippen LogP contribution in [0.15, 0.2) is 48.8 Å². The van der Waals surface area contributed by atoms with Crippen LogP contribution in [0.25, 0.3) is 22.2 Å². The van der Waals surface area contributed by atoms with Gasteiger partial charge in [-0.15, -0.1) is 0 Å². The van der Waals surface area contributed by atoms with Gasteiger partial charge in [0.15, 0.2) is 0 Å². The van der Waals surface area contributed by atoms with Gasteiger partial charge in [-0.1, -0.05) is 18.2 Å². The fourth-order valence-electron chi connectivity index (χ4n) is 1.66. The molecule has 3 aromatic rings. The Morgan fingerprint density at radius 3 is 2.62 bits per heavy atom. The predicted molar refractivity (Wildman–Crippen MR) is 60.6 cm³/mol. The van der Waals surface area contributed by atoms with Gasteiger partial charge in [-0.05, 0) is 18.2 Å². The van der Waals surface area contributed by atoms with Gasteiger partial charge in [0.1, 0.15) is 0 Å². The van der Waals surface area contributed by atoms with Crippen molar-refractivity contribution in [2.24, 2.45) is 0 Å². The minimum atomic E-state index is 0.814. The monoisotopic (exact) mass is 208 g/mol. The molecule has 0 aliphatic rings. The van der Waals surface area contributed by atoms with Crippen molar-refractivity contribution in [1.82, 2.24) is 20.4 Å². The van der Waals surface area contributed by atoms with Crippen LogP contribution in [-0.4, -0.2) is 20.4 Å². The molecule has 0 saturated carbocycles. The summed E-state index contributed by atoms with van der Waals surface area (Å²) in [6.07, 6.45) is 3.37. The Morgan fingerprint density at radius 1 is 0.812 bits per heavy atom. The Balaban J connectivity index is 2.32. The van der Waals surface area contributed by atoms with Crippen LogP contribution in [-0.2, 0) is 0 Å². The lowest BCUT2D eigenvalue weighted by molar-refractivity contribution is 1.03. The molecule has 4 heteroatoms. The SMILES string of the molecule is c1cnnc(-c2cnnc3ccccc23)c1. The maximum atomic E-state index is 4.08. The average molecular weight is 208 g/mol. The van der Waals surface area contributed by atoms with Crippen molar-refractivity contribution in [3.8, 4) is 11.3 Å². The predicted octanol–water partition coefficient (Wildman–Crippen LogP) is 2.09. The molecule has 0 atom stereocenters. The number of nitrogens with zero attached hydrogens (tertiary/aromatic N) is 4. The zero-order valence-corrected chi connectivity index (χ0v) is 8.41. The van der Waals surface area contributed by atoms with Gasteiger partial charge in [0, 0.05) is 17.1 Å². The highest BCUT2D eigenvalue weighted by atomic mass is 15.1. The summed E-state index contributed by atoms with van der Waals surface area (Å²) < 4.78 is 0. The molecule has 0 unspecified atom stereocenters. The lowest BCUT2D eigenvalue weighted by atomic mass is 10.1. The largest absolute Gasteiger partial charge is 0.159 e. The van der Waals surface area contributed by atoms with Gasteiger partial charge >= 0.3 is 0 Å². The molecule has 0 spiro atoms. The third-order valence-corrected chi connectivity index (χ3v) is 2.39. The van der Waals surface area contributed by atoms with Gasteiger partial charge in [0.05, 0.1) is 17.4 Å². The number of hydrogen-bond donors (Lipinski definition) is 0. The molecule has 0 amide bonds. The van der Waals surface area contributed by atoms with E-state index in [0.29, 0.717) is 0 Å². The third kappa shape index (κ3) is 1.40. The van der Waals surface area contributed by atoms with Crippen LogP contribution in [0.3, 0.4) is 0 Å². The maximum Gasteiger partial charge on any atom is 0.0952 e.